The molecule has 0 aliphatic carbocycles. The average Bonchev–Trinajstić information content (AvgIpc) is 2.17. The van der Waals surface area contributed by atoms with E-state index in [0.29, 0.717) is 12.8 Å². The number of fused-ring (bicyclic) bond motifs is 4. The van der Waals surface area contributed by atoms with Crippen molar-refractivity contribution in [2.75, 3.05) is 0 Å². The molecule has 1 aliphatic rings. The molecule has 0 aromatic carbocycles. The second kappa shape index (κ2) is 2.80. The lowest BCUT2D eigenvalue weighted by molar-refractivity contribution is 0.776. The first-order chi connectivity index (χ1) is 6.90. The summed E-state index contributed by atoms with van der Waals surface area (Å²) in [6.07, 6.45) is 4.56. The molecule has 0 fully saturated rings. The van der Waals surface area contributed by atoms with Gasteiger partial charge in [0.05, 0.1) is 18.5 Å². The molecular weight excluding hydrogens is 178 g/mol. The average molecular weight is 185 g/mol. The van der Waals surface area contributed by atoms with E-state index in [9.17, 15) is 0 Å². The van der Waals surface area contributed by atoms with Gasteiger partial charge in [-0.15, -0.1) is 0 Å². The van der Waals surface area contributed by atoms with E-state index in [-0.39, 0.29) is 0 Å². The quantitative estimate of drug-likeness (QED) is 0.499. The summed E-state index contributed by atoms with van der Waals surface area (Å²) in [5.74, 6) is 2.30. The van der Waals surface area contributed by atoms with Gasteiger partial charge in [0.1, 0.15) is 23.8 Å². The maximum Gasteiger partial charge on any atom is 0.139 e. The predicted octanol–water partition coefficient (Wildman–Crippen LogP) is 0.157. The smallest absolute Gasteiger partial charge is 0.139 e. The molecule has 0 unspecified atom stereocenters. The van der Waals surface area contributed by atoms with Gasteiger partial charge in [0.2, 0.25) is 0 Å². The fraction of sp³-hybridized carbons (Fsp3) is 0.222. The van der Waals surface area contributed by atoms with Crippen LogP contribution in [-0.4, -0.2) is 24.9 Å². The SMILES string of the molecule is c1cc2nc(n1)Cc1ncnc(n1)C2. The lowest BCUT2D eigenvalue weighted by Gasteiger charge is -2.07. The third kappa shape index (κ3) is 1.22. The maximum absolute atomic E-state index is 4.37. The third-order valence-corrected chi connectivity index (χ3v) is 2.09. The van der Waals surface area contributed by atoms with Gasteiger partial charge in [-0.1, -0.05) is 0 Å². The van der Waals surface area contributed by atoms with Crippen LogP contribution in [0.1, 0.15) is 23.2 Å². The fourth-order valence-corrected chi connectivity index (χ4v) is 1.47. The number of aromatic nitrogens is 5. The molecule has 0 atom stereocenters. The largest absolute Gasteiger partial charge is 0.241 e. The van der Waals surface area contributed by atoms with Gasteiger partial charge in [0.25, 0.3) is 0 Å². The van der Waals surface area contributed by atoms with Gasteiger partial charge in [0, 0.05) is 6.20 Å². The summed E-state index contributed by atoms with van der Waals surface area (Å²) in [5.41, 5.74) is 0.965. The predicted molar refractivity (Wildman–Crippen MR) is 47.5 cm³/mol. The van der Waals surface area contributed by atoms with Crippen molar-refractivity contribution in [3.63, 3.8) is 0 Å². The molecule has 3 rings (SSSR count). The Kier molecular flexibility index (Phi) is 1.50. The van der Waals surface area contributed by atoms with Gasteiger partial charge in [-0.25, -0.2) is 24.9 Å². The first kappa shape index (κ1) is 7.49. The van der Waals surface area contributed by atoms with Crippen LogP contribution in [0.5, 0.6) is 0 Å². The molecule has 0 radical (unpaired) electrons. The van der Waals surface area contributed by atoms with Gasteiger partial charge in [0.15, 0.2) is 0 Å². The summed E-state index contributed by atoms with van der Waals surface area (Å²) in [4.78, 5) is 21.0. The number of hydrogen-bond donors (Lipinski definition) is 0. The summed E-state index contributed by atoms with van der Waals surface area (Å²) < 4.78 is 0. The second-order valence-electron chi connectivity index (χ2n) is 3.14. The lowest BCUT2D eigenvalue weighted by atomic mass is 10.2. The molecule has 3 heterocycles. The Bertz CT molecular complexity index is 402. The van der Waals surface area contributed by atoms with Crippen molar-refractivity contribution >= 4 is 0 Å². The molecule has 2 aromatic rings. The molecule has 1 aliphatic heterocycles. The molecule has 5 heteroatoms. The van der Waals surface area contributed by atoms with Gasteiger partial charge >= 0.3 is 0 Å². The van der Waals surface area contributed by atoms with Gasteiger partial charge in [-0.2, -0.15) is 0 Å². The maximum atomic E-state index is 4.37. The van der Waals surface area contributed by atoms with Crippen LogP contribution in [0.15, 0.2) is 18.6 Å². The van der Waals surface area contributed by atoms with Crippen molar-refractivity contribution in [3.8, 4) is 0 Å². The van der Waals surface area contributed by atoms with Crippen molar-refractivity contribution in [1.82, 2.24) is 24.9 Å². The van der Waals surface area contributed by atoms with Crippen LogP contribution in [0.2, 0.25) is 0 Å². The third-order valence-electron chi connectivity index (χ3n) is 2.09. The minimum absolute atomic E-state index is 0.587. The van der Waals surface area contributed by atoms with Crippen LogP contribution in [0, 0.1) is 0 Å². The first-order valence-electron chi connectivity index (χ1n) is 4.38. The highest BCUT2D eigenvalue weighted by Gasteiger charge is 2.10. The zero-order chi connectivity index (χ0) is 9.38. The first-order valence-corrected chi connectivity index (χ1v) is 4.38. The molecule has 0 saturated carbocycles. The van der Waals surface area contributed by atoms with E-state index in [1.165, 1.54) is 0 Å². The Morgan fingerprint density at radius 3 is 2.57 bits per heavy atom. The number of rotatable bonds is 0. The number of hydrogen-bond acceptors (Lipinski definition) is 5. The Morgan fingerprint density at radius 2 is 1.64 bits per heavy atom. The number of nitrogens with zero attached hydrogens (tertiary/aromatic N) is 5. The van der Waals surface area contributed by atoms with Crippen LogP contribution < -0.4 is 0 Å². The Morgan fingerprint density at radius 1 is 0.857 bits per heavy atom. The molecule has 4 bridgehead atoms. The Balaban J connectivity index is 2.17. The van der Waals surface area contributed by atoms with E-state index in [2.05, 4.69) is 24.9 Å². The van der Waals surface area contributed by atoms with Gasteiger partial charge in [-0.05, 0) is 6.07 Å². The topological polar surface area (TPSA) is 64.5 Å². The zero-order valence-corrected chi connectivity index (χ0v) is 7.38. The minimum Gasteiger partial charge on any atom is -0.241 e. The normalized spacial score (nSPS) is 13.1. The lowest BCUT2D eigenvalue weighted by Crippen LogP contribution is -2.10. The standard InChI is InChI=1S/C9H7N5/c1-2-10-8-4-9-12-5-11-7(14-9)3-6(1)13-8/h1-2,5H,3-4H2. The van der Waals surface area contributed by atoms with Crippen LogP contribution in [0.25, 0.3) is 0 Å². The van der Waals surface area contributed by atoms with Crippen LogP contribution >= 0.6 is 0 Å². The van der Waals surface area contributed by atoms with E-state index in [0.717, 1.165) is 23.2 Å². The van der Waals surface area contributed by atoms with Crippen molar-refractivity contribution < 1.29 is 0 Å². The molecule has 0 spiro atoms. The van der Waals surface area contributed by atoms with Gasteiger partial charge < -0.3 is 0 Å². The van der Waals surface area contributed by atoms with Crippen molar-refractivity contribution in [3.05, 3.63) is 41.8 Å². The summed E-state index contributed by atoms with van der Waals surface area (Å²) in [6.45, 7) is 0. The van der Waals surface area contributed by atoms with E-state index < -0.39 is 0 Å². The monoisotopic (exact) mass is 185 g/mol. The molecule has 14 heavy (non-hydrogen) atoms. The van der Waals surface area contributed by atoms with E-state index in [4.69, 9.17) is 0 Å². The van der Waals surface area contributed by atoms with Crippen molar-refractivity contribution in [2.24, 2.45) is 0 Å². The van der Waals surface area contributed by atoms with Gasteiger partial charge in [-0.3, -0.25) is 0 Å². The molecule has 5 nitrogen and oxygen atoms in total. The summed E-state index contributed by atoms with van der Waals surface area (Å²) in [7, 11) is 0. The van der Waals surface area contributed by atoms with Crippen molar-refractivity contribution in [2.45, 2.75) is 12.8 Å². The molecule has 2 aromatic heterocycles. The minimum atomic E-state index is 0.587. The summed E-state index contributed by atoms with van der Waals surface area (Å²) >= 11 is 0. The molecule has 0 amide bonds. The van der Waals surface area contributed by atoms with E-state index in [1.807, 2.05) is 6.07 Å². The molecule has 68 valence electrons. The Hall–Kier alpha value is -1.91. The Labute approximate surface area is 80.3 Å². The summed E-state index contributed by atoms with van der Waals surface area (Å²) in [5, 5.41) is 0. The fourth-order valence-electron chi connectivity index (χ4n) is 1.47. The van der Waals surface area contributed by atoms with E-state index in [1.54, 1.807) is 12.5 Å². The molecule has 0 N–H and O–H groups in total. The van der Waals surface area contributed by atoms with Crippen LogP contribution in [-0.2, 0) is 12.8 Å². The summed E-state index contributed by atoms with van der Waals surface area (Å²) in [6, 6.07) is 1.89. The van der Waals surface area contributed by atoms with Crippen LogP contribution in [0.3, 0.4) is 0 Å². The molecular formula is C9H7N5. The molecule has 0 saturated heterocycles. The second-order valence-corrected chi connectivity index (χ2v) is 3.14. The van der Waals surface area contributed by atoms with Crippen molar-refractivity contribution in [1.29, 1.82) is 0 Å². The highest BCUT2D eigenvalue weighted by atomic mass is 15.0. The van der Waals surface area contributed by atoms with Crippen LogP contribution in [0.4, 0.5) is 0 Å². The highest BCUT2D eigenvalue weighted by molar-refractivity contribution is 5.13. The van der Waals surface area contributed by atoms with E-state index >= 15 is 0 Å². The highest BCUT2D eigenvalue weighted by Crippen LogP contribution is 2.08. The zero-order valence-electron chi connectivity index (χ0n) is 7.38.